The Labute approximate surface area is 117 Å². The number of hydrogen-bond acceptors (Lipinski definition) is 3. The van der Waals surface area contributed by atoms with Gasteiger partial charge in [-0.05, 0) is 31.9 Å². The van der Waals surface area contributed by atoms with Crippen molar-refractivity contribution in [1.29, 1.82) is 0 Å². The van der Waals surface area contributed by atoms with Gasteiger partial charge < -0.3 is 15.8 Å². The molecule has 106 valence electrons. The highest BCUT2D eigenvalue weighted by atomic mass is 35.5. The third kappa shape index (κ3) is 3.65. The first-order valence-corrected chi connectivity index (χ1v) is 6.03. The van der Waals surface area contributed by atoms with Crippen LogP contribution in [0.3, 0.4) is 0 Å². The number of carbonyl (C=O) groups is 1. The molecule has 0 aliphatic carbocycles. The third-order valence-electron chi connectivity index (χ3n) is 3.19. The summed E-state index contributed by atoms with van der Waals surface area (Å²) in [7, 11) is 0. The number of nitrogens with one attached hydrogen (secondary N) is 1. The lowest BCUT2D eigenvalue weighted by Crippen LogP contribution is -2.30. The van der Waals surface area contributed by atoms with Gasteiger partial charge in [0, 0.05) is 17.8 Å². The number of benzene rings is 1. The summed E-state index contributed by atoms with van der Waals surface area (Å²) >= 11 is 0. The van der Waals surface area contributed by atoms with Crippen molar-refractivity contribution >= 4 is 24.0 Å². The molecule has 0 spiro atoms. The van der Waals surface area contributed by atoms with E-state index in [-0.39, 0.29) is 30.2 Å². The Morgan fingerprint density at radius 2 is 2.26 bits per heavy atom. The minimum absolute atomic E-state index is 0. The maximum atomic E-state index is 13.3. The molecular weight excluding hydrogens is 271 g/mol. The summed E-state index contributed by atoms with van der Waals surface area (Å²) in [6, 6.07) is 4.60. The second-order valence-corrected chi connectivity index (χ2v) is 4.46. The highest BCUT2D eigenvalue weighted by Gasteiger charge is 2.30. The fourth-order valence-corrected chi connectivity index (χ4v) is 2.03. The molecule has 3 N–H and O–H groups in total. The van der Waals surface area contributed by atoms with Crippen LogP contribution in [0.1, 0.15) is 18.4 Å². The summed E-state index contributed by atoms with van der Waals surface area (Å²) in [5, 5.41) is 2.69. The smallest absolute Gasteiger partial charge is 0.253 e. The minimum Gasteiger partial charge on any atom is -0.364 e. The van der Waals surface area contributed by atoms with Gasteiger partial charge in [0.15, 0.2) is 0 Å². The van der Waals surface area contributed by atoms with E-state index in [0.29, 0.717) is 24.2 Å². The van der Waals surface area contributed by atoms with Crippen LogP contribution in [0, 0.1) is 12.7 Å². The molecular formula is C13H18ClFN2O2. The van der Waals surface area contributed by atoms with E-state index in [1.54, 1.807) is 19.1 Å². The van der Waals surface area contributed by atoms with Crippen LogP contribution in [0.15, 0.2) is 18.2 Å². The number of hydrogen-bond donors (Lipinski definition) is 2. The minimum atomic E-state index is -0.485. The van der Waals surface area contributed by atoms with E-state index >= 15 is 0 Å². The number of carbonyl (C=O) groups excluding carboxylic acids is 1. The van der Waals surface area contributed by atoms with Crippen LogP contribution in [0.2, 0.25) is 0 Å². The zero-order chi connectivity index (χ0) is 13.1. The van der Waals surface area contributed by atoms with Crippen molar-refractivity contribution in [2.24, 2.45) is 5.73 Å². The predicted octanol–water partition coefficient (Wildman–Crippen LogP) is 2.00. The Balaban J connectivity index is 0.00000180. The van der Waals surface area contributed by atoms with Gasteiger partial charge in [-0.25, -0.2) is 4.39 Å². The molecule has 0 radical (unpaired) electrons. The molecule has 1 amide bonds. The molecule has 6 heteroatoms. The Kier molecular flexibility index (Phi) is 5.72. The molecule has 1 heterocycles. The largest absolute Gasteiger partial charge is 0.364 e. The lowest BCUT2D eigenvalue weighted by Gasteiger charge is -2.14. The summed E-state index contributed by atoms with van der Waals surface area (Å²) in [5.74, 6) is -0.570. The van der Waals surface area contributed by atoms with Crippen molar-refractivity contribution in [3.63, 3.8) is 0 Å². The number of amides is 1. The van der Waals surface area contributed by atoms with Crippen LogP contribution in [0.25, 0.3) is 0 Å². The lowest BCUT2D eigenvalue weighted by atomic mass is 10.1. The molecule has 1 aliphatic heterocycles. The van der Waals surface area contributed by atoms with Crippen molar-refractivity contribution in [3.05, 3.63) is 29.6 Å². The number of rotatable bonds is 3. The zero-order valence-electron chi connectivity index (χ0n) is 10.7. The first-order chi connectivity index (χ1) is 8.61. The normalized spacial score (nSPS) is 21.8. The van der Waals surface area contributed by atoms with Crippen molar-refractivity contribution < 1.29 is 13.9 Å². The molecule has 4 nitrogen and oxygen atoms in total. The van der Waals surface area contributed by atoms with E-state index in [2.05, 4.69) is 5.32 Å². The van der Waals surface area contributed by atoms with E-state index in [1.165, 1.54) is 6.07 Å². The molecule has 1 aromatic rings. The average Bonchev–Trinajstić information content (AvgIpc) is 2.83. The van der Waals surface area contributed by atoms with Crippen LogP contribution in [-0.4, -0.2) is 24.7 Å². The maximum absolute atomic E-state index is 13.3. The fraction of sp³-hybridized carbons (Fsp3) is 0.462. The molecule has 1 saturated heterocycles. The molecule has 0 aromatic heterocycles. The summed E-state index contributed by atoms with van der Waals surface area (Å²) in [6.07, 6.45) is 0.911. The monoisotopic (exact) mass is 288 g/mol. The summed E-state index contributed by atoms with van der Waals surface area (Å²) in [4.78, 5) is 11.9. The van der Waals surface area contributed by atoms with Gasteiger partial charge in [0.1, 0.15) is 11.9 Å². The van der Waals surface area contributed by atoms with Crippen molar-refractivity contribution in [2.75, 3.05) is 11.9 Å². The number of anilines is 1. The van der Waals surface area contributed by atoms with E-state index < -0.39 is 6.10 Å². The van der Waals surface area contributed by atoms with E-state index in [1.807, 2.05) is 0 Å². The van der Waals surface area contributed by atoms with Gasteiger partial charge in [0.2, 0.25) is 0 Å². The van der Waals surface area contributed by atoms with E-state index in [4.69, 9.17) is 10.5 Å². The number of halogens is 2. The van der Waals surface area contributed by atoms with Crippen LogP contribution in [0.5, 0.6) is 0 Å². The zero-order valence-corrected chi connectivity index (χ0v) is 11.5. The lowest BCUT2D eigenvalue weighted by molar-refractivity contribution is -0.126. The van der Waals surface area contributed by atoms with Gasteiger partial charge in [-0.15, -0.1) is 12.4 Å². The predicted molar refractivity (Wildman–Crippen MR) is 74.0 cm³/mol. The Bertz CT molecular complexity index is 456. The van der Waals surface area contributed by atoms with Crippen molar-refractivity contribution in [3.8, 4) is 0 Å². The Morgan fingerprint density at radius 3 is 2.89 bits per heavy atom. The molecule has 1 fully saturated rings. The number of ether oxygens (including phenoxy) is 1. The standard InChI is InChI=1S/C13H17FN2O2.ClH/c1-8-10(14)3-2-4-11(8)16-13(17)12-6-5-9(7-15)18-12;/h2-4,9,12H,5-7,15H2,1H3,(H,16,17);1H/t9-,12+;/m1./s1. The molecule has 0 unspecified atom stereocenters. The van der Waals surface area contributed by atoms with Crippen molar-refractivity contribution in [1.82, 2.24) is 0 Å². The molecule has 2 rings (SSSR count). The van der Waals surface area contributed by atoms with Gasteiger partial charge in [0.05, 0.1) is 6.10 Å². The second kappa shape index (κ2) is 6.84. The van der Waals surface area contributed by atoms with Crippen LogP contribution in [-0.2, 0) is 9.53 Å². The average molecular weight is 289 g/mol. The van der Waals surface area contributed by atoms with Crippen LogP contribution < -0.4 is 11.1 Å². The highest BCUT2D eigenvalue weighted by Crippen LogP contribution is 2.22. The molecule has 2 atom stereocenters. The van der Waals surface area contributed by atoms with Gasteiger partial charge in [0.25, 0.3) is 5.91 Å². The Morgan fingerprint density at radius 1 is 1.53 bits per heavy atom. The first-order valence-electron chi connectivity index (χ1n) is 6.03. The van der Waals surface area contributed by atoms with Crippen LogP contribution >= 0.6 is 12.4 Å². The van der Waals surface area contributed by atoms with Gasteiger partial charge in [-0.1, -0.05) is 6.07 Å². The Hall–Kier alpha value is -1.17. The molecule has 19 heavy (non-hydrogen) atoms. The fourth-order valence-electron chi connectivity index (χ4n) is 2.03. The maximum Gasteiger partial charge on any atom is 0.253 e. The van der Waals surface area contributed by atoms with E-state index in [0.717, 1.165) is 6.42 Å². The van der Waals surface area contributed by atoms with Gasteiger partial charge in [-0.3, -0.25) is 4.79 Å². The second-order valence-electron chi connectivity index (χ2n) is 4.46. The molecule has 1 aromatic carbocycles. The van der Waals surface area contributed by atoms with E-state index in [9.17, 15) is 9.18 Å². The molecule has 0 bridgehead atoms. The van der Waals surface area contributed by atoms with Gasteiger partial charge in [-0.2, -0.15) is 0 Å². The van der Waals surface area contributed by atoms with Gasteiger partial charge >= 0.3 is 0 Å². The summed E-state index contributed by atoms with van der Waals surface area (Å²) in [6.45, 7) is 2.05. The SMILES string of the molecule is Cc1c(F)cccc1NC(=O)[C@@H]1CC[C@H](CN)O1.Cl. The molecule has 0 saturated carbocycles. The highest BCUT2D eigenvalue weighted by molar-refractivity contribution is 5.95. The number of nitrogens with two attached hydrogens (primary N) is 1. The first kappa shape index (κ1) is 15.9. The van der Waals surface area contributed by atoms with Crippen molar-refractivity contribution in [2.45, 2.75) is 32.0 Å². The summed E-state index contributed by atoms with van der Waals surface area (Å²) < 4.78 is 18.8. The summed E-state index contributed by atoms with van der Waals surface area (Å²) in [5.41, 5.74) is 6.40. The third-order valence-corrected chi connectivity index (χ3v) is 3.19. The topological polar surface area (TPSA) is 64.4 Å². The molecule has 1 aliphatic rings. The van der Waals surface area contributed by atoms with Crippen LogP contribution in [0.4, 0.5) is 10.1 Å². The quantitative estimate of drug-likeness (QED) is 0.894.